The van der Waals surface area contributed by atoms with Gasteiger partial charge in [-0.25, -0.2) is 0 Å². The van der Waals surface area contributed by atoms with E-state index in [9.17, 15) is 0 Å². The van der Waals surface area contributed by atoms with Gasteiger partial charge in [0.05, 0.1) is 0 Å². The Bertz CT molecular complexity index is 114. The molecule has 72 valence electrons. The van der Waals surface area contributed by atoms with Crippen LogP contribution < -0.4 is 0 Å². The van der Waals surface area contributed by atoms with E-state index in [1.807, 2.05) is 0 Å². The van der Waals surface area contributed by atoms with Crippen LogP contribution in [0.5, 0.6) is 0 Å². The van der Waals surface area contributed by atoms with Crippen LogP contribution in [0.1, 0.15) is 46.0 Å². The number of hydrogen-bond acceptors (Lipinski definition) is 0. The van der Waals surface area contributed by atoms with Crippen LogP contribution in [-0.4, -0.2) is 5.88 Å². The highest BCUT2D eigenvalue weighted by atomic mass is 35.5. The van der Waals surface area contributed by atoms with Crippen molar-refractivity contribution in [3.63, 3.8) is 0 Å². The van der Waals surface area contributed by atoms with Gasteiger partial charge in [0.2, 0.25) is 0 Å². The molecule has 0 heterocycles. The van der Waals surface area contributed by atoms with Gasteiger partial charge < -0.3 is 0 Å². The van der Waals surface area contributed by atoms with Crippen LogP contribution in [0.15, 0.2) is 0 Å². The fraction of sp³-hybridized carbons (Fsp3) is 1.00. The Kier molecular flexibility index (Phi) is 4.42. The Morgan fingerprint density at radius 1 is 1.25 bits per heavy atom. The van der Waals surface area contributed by atoms with Crippen molar-refractivity contribution < 1.29 is 0 Å². The molecule has 0 aromatic heterocycles. The lowest BCUT2D eigenvalue weighted by Gasteiger charge is -2.22. The molecule has 1 unspecified atom stereocenters. The van der Waals surface area contributed by atoms with Gasteiger partial charge >= 0.3 is 0 Å². The topological polar surface area (TPSA) is 0 Å². The fourth-order valence-electron chi connectivity index (χ4n) is 2.42. The average Bonchev–Trinajstić information content (AvgIpc) is 2.51. The SMILES string of the molecule is CC(C)CC(CCl)C1CCCC1. The van der Waals surface area contributed by atoms with Crippen molar-refractivity contribution in [1.82, 2.24) is 0 Å². The highest BCUT2D eigenvalue weighted by Gasteiger charge is 2.24. The number of rotatable bonds is 4. The van der Waals surface area contributed by atoms with Crippen molar-refractivity contribution in [2.45, 2.75) is 46.0 Å². The molecule has 1 saturated carbocycles. The van der Waals surface area contributed by atoms with E-state index in [-0.39, 0.29) is 0 Å². The standard InChI is InChI=1S/C11H21Cl/c1-9(2)7-11(8-12)10-5-3-4-6-10/h9-11H,3-8H2,1-2H3. The minimum atomic E-state index is 0.800. The summed E-state index contributed by atoms with van der Waals surface area (Å²) >= 11 is 5.99. The second-order valence-electron chi connectivity index (χ2n) is 4.59. The highest BCUT2D eigenvalue weighted by molar-refractivity contribution is 6.18. The van der Waals surface area contributed by atoms with Crippen molar-refractivity contribution in [1.29, 1.82) is 0 Å². The van der Waals surface area contributed by atoms with E-state index in [0.29, 0.717) is 0 Å². The lowest BCUT2D eigenvalue weighted by Crippen LogP contribution is -2.15. The second-order valence-corrected chi connectivity index (χ2v) is 4.90. The van der Waals surface area contributed by atoms with Crippen molar-refractivity contribution in [3.8, 4) is 0 Å². The van der Waals surface area contributed by atoms with Gasteiger partial charge in [0.1, 0.15) is 0 Å². The first-order chi connectivity index (χ1) is 5.74. The summed E-state index contributed by atoms with van der Waals surface area (Å²) in [5.74, 6) is 3.44. The third-order valence-electron chi connectivity index (χ3n) is 3.04. The summed E-state index contributed by atoms with van der Waals surface area (Å²) in [4.78, 5) is 0. The van der Waals surface area contributed by atoms with E-state index in [1.165, 1.54) is 32.1 Å². The second kappa shape index (κ2) is 5.11. The van der Waals surface area contributed by atoms with E-state index in [2.05, 4.69) is 13.8 Å². The molecule has 1 atom stereocenters. The predicted octanol–water partition coefficient (Wildman–Crippen LogP) is 4.08. The van der Waals surface area contributed by atoms with Crippen LogP contribution in [-0.2, 0) is 0 Å². The number of hydrogen-bond donors (Lipinski definition) is 0. The summed E-state index contributed by atoms with van der Waals surface area (Å²) in [5, 5.41) is 0. The molecular weight excluding hydrogens is 168 g/mol. The predicted molar refractivity (Wildman–Crippen MR) is 55.6 cm³/mol. The third-order valence-corrected chi connectivity index (χ3v) is 3.44. The first-order valence-electron chi connectivity index (χ1n) is 5.30. The normalized spacial score (nSPS) is 22.0. The summed E-state index contributed by atoms with van der Waals surface area (Å²) in [6.45, 7) is 4.60. The molecule has 1 fully saturated rings. The highest BCUT2D eigenvalue weighted by Crippen LogP contribution is 2.35. The lowest BCUT2D eigenvalue weighted by molar-refractivity contribution is 0.313. The summed E-state index contributed by atoms with van der Waals surface area (Å²) in [7, 11) is 0. The smallest absolute Gasteiger partial charge is 0.0254 e. The molecule has 0 N–H and O–H groups in total. The van der Waals surface area contributed by atoms with E-state index < -0.39 is 0 Å². The van der Waals surface area contributed by atoms with Gasteiger partial charge in [0.25, 0.3) is 0 Å². The Morgan fingerprint density at radius 2 is 1.83 bits per heavy atom. The quantitative estimate of drug-likeness (QED) is 0.584. The van der Waals surface area contributed by atoms with E-state index in [4.69, 9.17) is 11.6 Å². The molecular formula is C11H21Cl. The maximum atomic E-state index is 5.99. The van der Waals surface area contributed by atoms with Crippen molar-refractivity contribution in [3.05, 3.63) is 0 Å². The molecule has 0 radical (unpaired) electrons. The Balaban J connectivity index is 2.32. The molecule has 0 spiro atoms. The molecule has 1 heteroatoms. The van der Waals surface area contributed by atoms with Crippen LogP contribution in [0, 0.1) is 17.8 Å². The number of alkyl halides is 1. The zero-order valence-corrected chi connectivity index (χ0v) is 9.11. The zero-order chi connectivity index (χ0) is 8.97. The van der Waals surface area contributed by atoms with Crippen LogP contribution in [0.25, 0.3) is 0 Å². The van der Waals surface area contributed by atoms with Gasteiger partial charge in [-0.2, -0.15) is 0 Å². The molecule has 0 amide bonds. The Labute approximate surface area is 81.7 Å². The summed E-state index contributed by atoms with van der Waals surface area (Å²) in [6.07, 6.45) is 7.08. The maximum Gasteiger partial charge on any atom is 0.0254 e. The van der Waals surface area contributed by atoms with Crippen molar-refractivity contribution >= 4 is 11.6 Å². The Hall–Kier alpha value is 0.290. The van der Waals surface area contributed by atoms with Crippen LogP contribution >= 0.6 is 11.6 Å². The van der Waals surface area contributed by atoms with Crippen LogP contribution in [0.3, 0.4) is 0 Å². The van der Waals surface area contributed by atoms with Gasteiger partial charge in [0.15, 0.2) is 0 Å². The molecule has 1 aliphatic rings. The van der Waals surface area contributed by atoms with Gasteiger partial charge in [-0.05, 0) is 24.2 Å². The third kappa shape index (κ3) is 2.97. The van der Waals surface area contributed by atoms with Gasteiger partial charge in [-0.1, -0.05) is 39.5 Å². The van der Waals surface area contributed by atoms with Gasteiger partial charge in [0, 0.05) is 5.88 Å². The first kappa shape index (κ1) is 10.4. The lowest BCUT2D eigenvalue weighted by atomic mass is 9.86. The molecule has 0 aromatic carbocycles. The monoisotopic (exact) mass is 188 g/mol. The molecule has 0 saturated heterocycles. The summed E-state index contributed by atoms with van der Waals surface area (Å²) < 4.78 is 0. The summed E-state index contributed by atoms with van der Waals surface area (Å²) in [6, 6.07) is 0. The molecule has 1 aliphatic carbocycles. The maximum absolute atomic E-state index is 5.99. The molecule has 0 bridgehead atoms. The Morgan fingerprint density at radius 3 is 2.25 bits per heavy atom. The van der Waals surface area contributed by atoms with Crippen molar-refractivity contribution in [2.75, 3.05) is 5.88 Å². The molecule has 0 aromatic rings. The van der Waals surface area contributed by atoms with E-state index in [0.717, 1.165) is 23.6 Å². The van der Waals surface area contributed by atoms with Crippen molar-refractivity contribution in [2.24, 2.45) is 17.8 Å². The molecule has 1 rings (SSSR count). The minimum absolute atomic E-state index is 0.800. The van der Waals surface area contributed by atoms with Gasteiger partial charge in [-0.15, -0.1) is 11.6 Å². The molecule has 0 nitrogen and oxygen atoms in total. The summed E-state index contributed by atoms with van der Waals surface area (Å²) in [5.41, 5.74) is 0. The fourth-order valence-corrected chi connectivity index (χ4v) is 2.79. The zero-order valence-electron chi connectivity index (χ0n) is 8.35. The van der Waals surface area contributed by atoms with Crippen LogP contribution in [0.4, 0.5) is 0 Å². The molecule has 12 heavy (non-hydrogen) atoms. The average molecular weight is 189 g/mol. The van der Waals surface area contributed by atoms with Crippen LogP contribution in [0.2, 0.25) is 0 Å². The van der Waals surface area contributed by atoms with Gasteiger partial charge in [-0.3, -0.25) is 0 Å². The molecule has 0 aliphatic heterocycles. The van der Waals surface area contributed by atoms with E-state index >= 15 is 0 Å². The number of halogens is 1. The first-order valence-corrected chi connectivity index (χ1v) is 5.83. The minimum Gasteiger partial charge on any atom is -0.126 e. The largest absolute Gasteiger partial charge is 0.126 e. The van der Waals surface area contributed by atoms with E-state index in [1.54, 1.807) is 0 Å².